The normalized spacial score (nSPS) is 20.3. The monoisotopic (exact) mass is 347 g/mol. The van der Waals surface area contributed by atoms with Gasteiger partial charge in [-0.1, -0.05) is 28.8 Å². The molecule has 24 heavy (non-hydrogen) atoms. The fraction of sp³-hybridized carbons (Fsp3) is 0.588. The van der Waals surface area contributed by atoms with E-state index in [-0.39, 0.29) is 12.0 Å². The maximum atomic E-state index is 9.30. The summed E-state index contributed by atoms with van der Waals surface area (Å²) >= 11 is 6.17. The Morgan fingerprint density at radius 3 is 2.71 bits per heavy atom. The molecular formula is C17H22ClN5O. The van der Waals surface area contributed by atoms with Gasteiger partial charge in [-0.2, -0.15) is 0 Å². The number of aromatic nitrogens is 4. The van der Waals surface area contributed by atoms with Crippen molar-refractivity contribution >= 4 is 17.5 Å². The molecule has 0 amide bonds. The minimum atomic E-state index is 0.110. The lowest BCUT2D eigenvalue weighted by molar-refractivity contribution is 0.202. The van der Waals surface area contributed by atoms with Crippen LogP contribution in [0.1, 0.15) is 31.2 Å². The third-order valence-electron chi connectivity index (χ3n) is 5.41. The third-order valence-corrected chi connectivity index (χ3v) is 5.65. The Balaban J connectivity index is 1.51. The van der Waals surface area contributed by atoms with E-state index < -0.39 is 0 Å². The van der Waals surface area contributed by atoms with Crippen LogP contribution in [0, 0.1) is 5.92 Å². The zero-order chi connectivity index (χ0) is 16.6. The molecule has 1 N–H and O–H groups in total. The molecule has 2 aliphatic rings. The number of hydrogen-bond acceptors (Lipinski definition) is 5. The highest BCUT2D eigenvalue weighted by Gasteiger charge is 2.45. The fourth-order valence-corrected chi connectivity index (χ4v) is 3.83. The van der Waals surface area contributed by atoms with E-state index in [1.165, 1.54) is 5.56 Å². The van der Waals surface area contributed by atoms with Gasteiger partial charge in [-0.25, -0.2) is 4.68 Å². The molecule has 2 fully saturated rings. The quantitative estimate of drug-likeness (QED) is 0.898. The molecule has 1 saturated heterocycles. The Morgan fingerprint density at radius 2 is 2.04 bits per heavy atom. The van der Waals surface area contributed by atoms with E-state index in [9.17, 15) is 5.11 Å². The van der Waals surface area contributed by atoms with Crippen molar-refractivity contribution in [3.05, 3.63) is 34.9 Å². The van der Waals surface area contributed by atoms with Gasteiger partial charge in [0.05, 0.1) is 6.54 Å². The van der Waals surface area contributed by atoms with Gasteiger partial charge in [0.25, 0.3) is 0 Å². The smallest absolute Gasteiger partial charge is 0.245 e. The molecule has 2 heterocycles. The summed E-state index contributed by atoms with van der Waals surface area (Å²) < 4.78 is 1.94. The van der Waals surface area contributed by atoms with E-state index in [0.717, 1.165) is 56.3 Å². The molecule has 1 aliphatic carbocycles. The predicted molar refractivity (Wildman–Crippen MR) is 92.2 cm³/mol. The first kappa shape index (κ1) is 15.8. The molecule has 7 heteroatoms. The second-order valence-electron chi connectivity index (χ2n) is 7.04. The molecule has 0 unspecified atom stereocenters. The van der Waals surface area contributed by atoms with Crippen molar-refractivity contribution in [1.29, 1.82) is 0 Å². The highest BCUT2D eigenvalue weighted by atomic mass is 35.5. The topological polar surface area (TPSA) is 67.1 Å². The van der Waals surface area contributed by atoms with Gasteiger partial charge in [0.2, 0.25) is 5.95 Å². The molecule has 6 nitrogen and oxygen atoms in total. The zero-order valence-electron chi connectivity index (χ0n) is 13.6. The Kier molecular flexibility index (Phi) is 4.18. The average molecular weight is 348 g/mol. The number of nitrogens with zero attached hydrogens (tertiary/aromatic N) is 5. The highest BCUT2D eigenvalue weighted by molar-refractivity contribution is 6.30. The number of anilines is 1. The lowest BCUT2D eigenvalue weighted by Gasteiger charge is -2.31. The van der Waals surface area contributed by atoms with E-state index in [2.05, 4.69) is 32.6 Å². The number of piperidine rings is 1. The van der Waals surface area contributed by atoms with Gasteiger partial charge < -0.3 is 10.0 Å². The van der Waals surface area contributed by atoms with Crippen LogP contribution < -0.4 is 4.90 Å². The zero-order valence-corrected chi connectivity index (χ0v) is 14.4. The second-order valence-corrected chi connectivity index (χ2v) is 7.48. The second kappa shape index (κ2) is 6.33. The number of benzene rings is 1. The van der Waals surface area contributed by atoms with Crippen LogP contribution in [0.5, 0.6) is 0 Å². The van der Waals surface area contributed by atoms with Crippen LogP contribution in [0.2, 0.25) is 5.02 Å². The standard InChI is InChI=1S/C17H22ClN5O/c18-15-3-1-2-14(10-15)17(6-7-17)12-23-16(19-20-21-23)22-8-4-13(11-24)5-9-22/h1-3,10,13,24H,4-9,11-12H2. The molecule has 1 aromatic carbocycles. The first-order chi connectivity index (χ1) is 11.7. The molecule has 1 aromatic heterocycles. The molecule has 4 rings (SSSR count). The number of halogens is 1. The molecule has 0 bridgehead atoms. The Morgan fingerprint density at radius 1 is 1.25 bits per heavy atom. The minimum Gasteiger partial charge on any atom is -0.396 e. The summed E-state index contributed by atoms with van der Waals surface area (Å²) in [5, 5.41) is 22.5. The number of rotatable bonds is 5. The maximum absolute atomic E-state index is 9.30. The van der Waals surface area contributed by atoms with Gasteiger partial charge in [0, 0.05) is 30.1 Å². The molecule has 0 spiro atoms. The first-order valence-corrected chi connectivity index (χ1v) is 8.96. The van der Waals surface area contributed by atoms with Gasteiger partial charge >= 0.3 is 0 Å². The van der Waals surface area contributed by atoms with Crippen molar-refractivity contribution in [3.8, 4) is 0 Å². The largest absolute Gasteiger partial charge is 0.396 e. The van der Waals surface area contributed by atoms with Gasteiger partial charge in [-0.3, -0.25) is 0 Å². The van der Waals surface area contributed by atoms with Crippen molar-refractivity contribution in [1.82, 2.24) is 20.2 Å². The summed E-state index contributed by atoms with van der Waals surface area (Å²) in [7, 11) is 0. The molecule has 1 saturated carbocycles. The van der Waals surface area contributed by atoms with Crippen LogP contribution in [0.25, 0.3) is 0 Å². The van der Waals surface area contributed by atoms with Gasteiger partial charge in [0.1, 0.15) is 0 Å². The van der Waals surface area contributed by atoms with Crippen LogP contribution in [0.3, 0.4) is 0 Å². The van der Waals surface area contributed by atoms with Crippen molar-refractivity contribution < 1.29 is 5.11 Å². The summed E-state index contributed by atoms with van der Waals surface area (Å²) in [5.74, 6) is 1.26. The molecule has 0 radical (unpaired) electrons. The number of tetrazole rings is 1. The first-order valence-electron chi connectivity index (χ1n) is 8.58. The van der Waals surface area contributed by atoms with Crippen LogP contribution in [-0.4, -0.2) is 45.0 Å². The van der Waals surface area contributed by atoms with E-state index >= 15 is 0 Å². The van der Waals surface area contributed by atoms with Gasteiger partial charge in [-0.05, 0) is 59.7 Å². The average Bonchev–Trinajstić information content (AvgIpc) is 3.25. The Hall–Kier alpha value is -1.66. The lowest BCUT2D eigenvalue weighted by atomic mass is 9.96. The summed E-state index contributed by atoms with van der Waals surface area (Å²) in [4.78, 5) is 2.24. The summed E-state index contributed by atoms with van der Waals surface area (Å²) in [6.45, 7) is 2.86. The van der Waals surface area contributed by atoms with E-state index in [1.807, 2.05) is 16.8 Å². The number of aliphatic hydroxyl groups excluding tert-OH is 1. The van der Waals surface area contributed by atoms with Crippen LogP contribution in [-0.2, 0) is 12.0 Å². The highest BCUT2D eigenvalue weighted by Crippen LogP contribution is 2.50. The van der Waals surface area contributed by atoms with Crippen molar-refractivity contribution in [3.63, 3.8) is 0 Å². The van der Waals surface area contributed by atoms with Crippen molar-refractivity contribution in [2.45, 2.75) is 37.6 Å². The maximum Gasteiger partial charge on any atom is 0.245 e. The molecule has 1 aliphatic heterocycles. The van der Waals surface area contributed by atoms with Crippen molar-refractivity contribution in [2.75, 3.05) is 24.6 Å². The molecule has 0 atom stereocenters. The molecular weight excluding hydrogens is 326 g/mol. The van der Waals surface area contributed by atoms with Gasteiger partial charge in [-0.15, -0.1) is 0 Å². The SMILES string of the molecule is OCC1CCN(c2nnnn2CC2(c3cccc(Cl)c3)CC2)CC1. The van der Waals surface area contributed by atoms with E-state index in [1.54, 1.807) is 0 Å². The fourth-order valence-electron chi connectivity index (χ4n) is 3.64. The predicted octanol–water partition coefficient (Wildman–Crippen LogP) is 2.27. The molecule has 128 valence electrons. The number of hydrogen-bond donors (Lipinski definition) is 1. The van der Waals surface area contributed by atoms with Crippen LogP contribution in [0.15, 0.2) is 24.3 Å². The Bertz CT molecular complexity index is 707. The number of aliphatic hydroxyl groups is 1. The van der Waals surface area contributed by atoms with Crippen LogP contribution >= 0.6 is 11.6 Å². The van der Waals surface area contributed by atoms with E-state index in [4.69, 9.17) is 11.6 Å². The minimum absolute atomic E-state index is 0.110. The summed E-state index contributed by atoms with van der Waals surface area (Å²) in [6.07, 6.45) is 4.25. The van der Waals surface area contributed by atoms with Crippen LogP contribution in [0.4, 0.5) is 5.95 Å². The summed E-state index contributed by atoms with van der Waals surface area (Å²) in [5.41, 5.74) is 1.38. The van der Waals surface area contributed by atoms with Crippen molar-refractivity contribution in [2.24, 2.45) is 5.92 Å². The lowest BCUT2D eigenvalue weighted by Crippen LogP contribution is -2.37. The summed E-state index contributed by atoms with van der Waals surface area (Å²) in [6, 6.07) is 8.13. The third kappa shape index (κ3) is 3.00. The Labute approximate surface area is 146 Å². The van der Waals surface area contributed by atoms with Gasteiger partial charge in [0.15, 0.2) is 0 Å². The molecule has 2 aromatic rings. The van der Waals surface area contributed by atoms with E-state index in [0.29, 0.717) is 5.92 Å².